The van der Waals surface area contributed by atoms with E-state index in [1.807, 2.05) is 13.8 Å². The summed E-state index contributed by atoms with van der Waals surface area (Å²) in [4.78, 5) is 23.4. The normalized spacial score (nSPS) is 12.4. The monoisotopic (exact) mass is 295 g/mol. The minimum Gasteiger partial charge on any atom is -0.368 e. The second-order valence-corrected chi connectivity index (χ2v) is 4.79. The molecular weight excluding hydrogens is 282 g/mol. The molecule has 9 heteroatoms. The number of nitrogens with two attached hydrogens (primary N) is 1. The van der Waals surface area contributed by atoms with Crippen LogP contribution in [0.1, 0.15) is 13.8 Å². The first-order chi connectivity index (χ1) is 9.47. The summed E-state index contributed by atoms with van der Waals surface area (Å²) < 4.78 is 1.44. The summed E-state index contributed by atoms with van der Waals surface area (Å²) in [5.74, 6) is -0.0779. The van der Waals surface area contributed by atoms with Crippen LogP contribution >= 0.6 is 11.6 Å². The number of anilines is 1. The van der Waals surface area contributed by atoms with Gasteiger partial charge in [0.15, 0.2) is 0 Å². The quantitative estimate of drug-likeness (QED) is 0.837. The van der Waals surface area contributed by atoms with E-state index in [-0.39, 0.29) is 23.1 Å². The highest BCUT2D eigenvalue weighted by atomic mass is 35.5. The molecule has 0 saturated heterocycles. The van der Waals surface area contributed by atoms with Crippen molar-refractivity contribution in [3.8, 4) is 5.95 Å². The molecule has 2 aromatic rings. The zero-order valence-corrected chi connectivity index (χ0v) is 11.7. The minimum absolute atomic E-state index is 0.0000217. The van der Waals surface area contributed by atoms with Gasteiger partial charge in [-0.15, -0.1) is 0 Å². The summed E-state index contributed by atoms with van der Waals surface area (Å²) in [5, 5.41) is 6.86. The van der Waals surface area contributed by atoms with Crippen molar-refractivity contribution in [1.82, 2.24) is 24.7 Å². The average Bonchev–Trinajstić information content (AvgIpc) is 2.88. The summed E-state index contributed by atoms with van der Waals surface area (Å²) in [6, 6.07) is 1.13. The Labute approximate surface area is 120 Å². The van der Waals surface area contributed by atoms with Crippen molar-refractivity contribution in [2.45, 2.75) is 19.9 Å². The first-order valence-corrected chi connectivity index (χ1v) is 6.32. The first-order valence-electron chi connectivity index (χ1n) is 5.95. The van der Waals surface area contributed by atoms with Crippen LogP contribution in [0.15, 0.2) is 18.5 Å². The van der Waals surface area contributed by atoms with E-state index in [0.29, 0.717) is 0 Å². The van der Waals surface area contributed by atoms with E-state index in [9.17, 15) is 4.79 Å². The van der Waals surface area contributed by atoms with Gasteiger partial charge in [-0.1, -0.05) is 13.8 Å². The molecule has 0 aliphatic heterocycles. The van der Waals surface area contributed by atoms with Crippen LogP contribution in [0.2, 0.25) is 5.28 Å². The van der Waals surface area contributed by atoms with E-state index in [1.54, 1.807) is 18.5 Å². The average molecular weight is 296 g/mol. The number of amides is 1. The number of nitrogens with one attached hydrogen (secondary N) is 1. The lowest BCUT2D eigenvalue weighted by molar-refractivity contribution is -0.119. The predicted molar refractivity (Wildman–Crippen MR) is 73.4 cm³/mol. The number of carbonyl (C=O) groups excluding carboxylic acids is 1. The van der Waals surface area contributed by atoms with Crippen LogP contribution in [0.25, 0.3) is 5.95 Å². The summed E-state index contributed by atoms with van der Waals surface area (Å²) >= 11 is 5.85. The van der Waals surface area contributed by atoms with Gasteiger partial charge >= 0.3 is 0 Å². The summed E-state index contributed by atoms with van der Waals surface area (Å²) in [6.45, 7) is 3.72. The number of carbonyl (C=O) groups is 1. The van der Waals surface area contributed by atoms with Crippen LogP contribution < -0.4 is 11.1 Å². The maximum Gasteiger partial charge on any atom is 0.256 e. The minimum atomic E-state index is -0.598. The highest BCUT2D eigenvalue weighted by Crippen LogP contribution is 2.12. The van der Waals surface area contributed by atoms with Crippen LogP contribution in [-0.4, -0.2) is 36.7 Å². The molecule has 20 heavy (non-hydrogen) atoms. The molecule has 3 N–H and O–H groups in total. The number of halogens is 1. The fourth-order valence-corrected chi connectivity index (χ4v) is 1.75. The zero-order valence-electron chi connectivity index (χ0n) is 11.0. The van der Waals surface area contributed by atoms with Gasteiger partial charge in [0.25, 0.3) is 5.95 Å². The lowest BCUT2D eigenvalue weighted by Gasteiger charge is -2.18. The molecule has 2 heterocycles. The van der Waals surface area contributed by atoms with Gasteiger partial charge in [0.05, 0.1) is 0 Å². The van der Waals surface area contributed by atoms with Crippen LogP contribution in [0.3, 0.4) is 0 Å². The highest BCUT2D eigenvalue weighted by molar-refractivity contribution is 6.28. The predicted octanol–water partition coefficient (Wildman–Crippen LogP) is 0.632. The third-order valence-corrected chi connectivity index (χ3v) is 2.73. The molecular formula is C11H14ClN7O. The second kappa shape index (κ2) is 5.83. The third kappa shape index (κ3) is 3.21. The molecule has 0 aromatic carbocycles. The van der Waals surface area contributed by atoms with E-state index >= 15 is 0 Å². The second-order valence-electron chi connectivity index (χ2n) is 4.45. The van der Waals surface area contributed by atoms with Gasteiger partial charge in [0, 0.05) is 12.4 Å². The Balaban J connectivity index is 2.31. The molecule has 0 radical (unpaired) electrons. The molecule has 0 saturated carbocycles. The Kier molecular flexibility index (Phi) is 4.14. The number of hydrogen-bond acceptors (Lipinski definition) is 6. The summed E-state index contributed by atoms with van der Waals surface area (Å²) in [5.41, 5.74) is 5.33. The van der Waals surface area contributed by atoms with Crippen molar-refractivity contribution in [3.63, 3.8) is 0 Å². The lowest BCUT2D eigenvalue weighted by atomic mass is 10.0. The van der Waals surface area contributed by atoms with Gasteiger partial charge in [-0.05, 0) is 23.6 Å². The number of hydrogen-bond donors (Lipinski definition) is 2. The molecule has 2 rings (SSSR count). The Bertz CT molecular complexity index is 599. The number of rotatable bonds is 5. The molecule has 0 aliphatic carbocycles. The molecule has 1 atom stereocenters. The summed E-state index contributed by atoms with van der Waals surface area (Å²) in [7, 11) is 0. The Morgan fingerprint density at radius 2 is 2.15 bits per heavy atom. The van der Waals surface area contributed by atoms with E-state index in [1.165, 1.54) is 4.68 Å². The molecule has 0 fully saturated rings. The standard InChI is InChI=1S/C11H14ClN7O/c1-6(2)7(8(13)20)15-10-16-9(12)17-11(18-10)19-5-3-4-14-19/h3-7H,1-2H3,(H2,13,20)(H,15,16,17,18). The van der Waals surface area contributed by atoms with Gasteiger partial charge in [-0.3, -0.25) is 4.79 Å². The maximum absolute atomic E-state index is 11.4. The SMILES string of the molecule is CC(C)C(Nc1nc(Cl)nc(-n2cccn2)n1)C(N)=O. The Morgan fingerprint density at radius 3 is 2.70 bits per heavy atom. The topological polar surface area (TPSA) is 112 Å². The first kappa shape index (κ1) is 14.2. The van der Waals surface area contributed by atoms with Crippen molar-refractivity contribution in [3.05, 3.63) is 23.7 Å². The van der Waals surface area contributed by atoms with Gasteiger partial charge in [-0.25, -0.2) is 4.68 Å². The van der Waals surface area contributed by atoms with Crippen LogP contribution in [0, 0.1) is 5.92 Å². The van der Waals surface area contributed by atoms with Gasteiger partial charge in [-0.2, -0.15) is 20.1 Å². The van der Waals surface area contributed by atoms with E-state index in [4.69, 9.17) is 17.3 Å². The number of aromatic nitrogens is 5. The van der Waals surface area contributed by atoms with Gasteiger partial charge < -0.3 is 11.1 Å². The van der Waals surface area contributed by atoms with Gasteiger partial charge in [0.2, 0.25) is 17.1 Å². The third-order valence-electron chi connectivity index (χ3n) is 2.56. The van der Waals surface area contributed by atoms with Crippen molar-refractivity contribution < 1.29 is 4.79 Å². The zero-order chi connectivity index (χ0) is 14.7. The van der Waals surface area contributed by atoms with E-state index in [2.05, 4.69) is 25.4 Å². The molecule has 1 unspecified atom stereocenters. The van der Waals surface area contributed by atoms with Gasteiger partial charge in [0.1, 0.15) is 6.04 Å². The fraction of sp³-hybridized carbons (Fsp3) is 0.364. The molecule has 2 aromatic heterocycles. The van der Waals surface area contributed by atoms with Crippen LogP contribution in [-0.2, 0) is 4.79 Å². The number of primary amides is 1. The van der Waals surface area contributed by atoms with E-state index < -0.39 is 11.9 Å². The van der Waals surface area contributed by atoms with Crippen molar-refractivity contribution in [2.24, 2.45) is 11.7 Å². The lowest BCUT2D eigenvalue weighted by Crippen LogP contribution is -2.40. The van der Waals surface area contributed by atoms with Crippen molar-refractivity contribution in [1.29, 1.82) is 0 Å². The molecule has 106 valence electrons. The molecule has 8 nitrogen and oxygen atoms in total. The Hall–Kier alpha value is -2.22. The smallest absolute Gasteiger partial charge is 0.256 e. The summed E-state index contributed by atoms with van der Waals surface area (Å²) in [6.07, 6.45) is 3.26. The molecule has 0 bridgehead atoms. The highest BCUT2D eigenvalue weighted by Gasteiger charge is 2.21. The maximum atomic E-state index is 11.4. The fourth-order valence-electron chi connectivity index (χ4n) is 1.60. The molecule has 1 amide bonds. The number of nitrogens with zero attached hydrogens (tertiary/aromatic N) is 5. The van der Waals surface area contributed by atoms with Crippen molar-refractivity contribution in [2.75, 3.05) is 5.32 Å². The van der Waals surface area contributed by atoms with E-state index in [0.717, 1.165) is 0 Å². The largest absolute Gasteiger partial charge is 0.368 e. The van der Waals surface area contributed by atoms with Crippen LogP contribution in [0.5, 0.6) is 0 Å². The molecule has 0 aliphatic rings. The van der Waals surface area contributed by atoms with Crippen molar-refractivity contribution >= 4 is 23.5 Å². The molecule has 0 spiro atoms. The van der Waals surface area contributed by atoms with Crippen LogP contribution in [0.4, 0.5) is 5.95 Å². The Morgan fingerprint density at radius 1 is 1.40 bits per heavy atom.